The number of ether oxygens (including phenoxy) is 1. The Balaban J connectivity index is 3.01. The molecule has 0 aromatic carbocycles. The first kappa shape index (κ1) is 10.1. The van der Waals surface area contributed by atoms with Gasteiger partial charge in [0.05, 0.1) is 11.8 Å². The molecule has 2 unspecified atom stereocenters. The average Bonchev–Trinajstić information content (AvgIpc) is 2.03. The van der Waals surface area contributed by atoms with E-state index in [4.69, 9.17) is 4.74 Å². The van der Waals surface area contributed by atoms with Crippen molar-refractivity contribution in [1.29, 1.82) is 0 Å². The molecule has 1 rings (SSSR count). The van der Waals surface area contributed by atoms with Crippen molar-refractivity contribution in [2.24, 2.45) is 0 Å². The summed E-state index contributed by atoms with van der Waals surface area (Å²) in [5.74, 6) is 0. The highest BCUT2D eigenvalue weighted by Crippen LogP contribution is 2.15. The van der Waals surface area contributed by atoms with Crippen LogP contribution < -0.4 is 5.30 Å². The van der Waals surface area contributed by atoms with Crippen molar-refractivity contribution in [1.82, 2.24) is 4.98 Å². The van der Waals surface area contributed by atoms with Gasteiger partial charge in [0, 0.05) is 17.8 Å². The molecule has 1 heterocycles. The lowest BCUT2D eigenvalue weighted by Crippen LogP contribution is -2.10. The van der Waals surface area contributed by atoms with Crippen LogP contribution >= 0.6 is 25.2 Å². The fourth-order valence-corrected chi connectivity index (χ4v) is 2.00. The summed E-state index contributed by atoms with van der Waals surface area (Å²) < 4.78 is 6.15. The molecule has 1 aromatic rings. The Hall–Kier alpha value is 0.0200. The van der Waals surface area contributed by atoms with Gasteiger partial charge in [-0.15, -0.1) is 9.24 Å². The van der Waals surface area contributed by atoms with Crippen molar-refractivity contribution >= 4 is 30.5 Å². The summed E-state index contributed by atoms with van der Waals surface area (Å²) in [6, 6.07) is 2.00. The Bertz CT molecular complexity index is 280. The molecule has 0 saturated carbocycles. The highest BCUT2D eigenvalue weighted by atomic mass is 79.9. The van der Waals surface area contributed by atoms with Crippen LogP contribution in [-0.2, 0) is 4.74 Å². The van der Waals surface area contributed by atoms with E-state index in [9.17, 15) is 0 Å². The SMILES string of the molecule is COC(C)c1ncc(Br)cc1P. The van der Waals surface area contributed by atoms with Gasteiger partial charge in [-0.1, -0.05) is 0 Å². The molecule has 1 aromatic heterocycles. The maximum atomic E-state index is 5.17. The van der Waals surface area contributed by atoms with E-state index < -0.39 is 0 Å². The number of hydrogen-bond acceptors (Lipinski definition) is 2. The highest BCUT2D eigenvalue weighted by molar-refractivity contribution is 9.10. The second-order valence-electron chi connectivity index (χ2n) is 2.51. The predicted molar refractivity (Wildman–Crippen MR) is 56.7 cm³/mol. The summed E-state index contributed by atoms with van der Waals surface area (Å²) in [6.45, 7) is 1.98. The normalized spacial score (nSPS) is 13.0. The van der Waals surface area contributed by atoms with Crippen LogP contribution in [0.4, 0.5) is 0 Å². The van der Waals surface area contributed by atoms with Crippen LogP contribution in [0.1, 0.15) is 18.7 Å². The van der Waals surface area contributed by atoms with E-state index in [0.29, 0.717) is 0 Å². The van der Waals surface area contributed by atoms with E-state index in [0.717, 1.165) is 15.5 Å². The number of pyridine rings is 1. The third-order valence-corrected chi connectivity index (χ3v) is 2.55. The summed E-state index contributed by atoms with van der Waals surface area (Å²) >= 11 is 3.35. The first-order valence-electron chi connectivity index (χ1n) is 3.59. The van der Waals surface area contributed by atoms with Crippen molar-refractivity contribution in [3.05, 3.63) is 22.4 Å². The number of aromatic nitrogens is 1. The minimum atomic E-state index is 0.0469. The summed E-state index contributed by atoms with van der Waals surface area (Å²) in [5.41, 5.74) is 0.964. The molecule has 0 fully saturated rings. The van der Waals surface area contributed by atoms with Gasteiger partial charge in [0.25, 0.3) is 0 Å². The minimum absolute atomic E-state index is 0.0469. The molecule has 4 heteroatoms. The Morgan fingerprint density at radius 3 is 2.83 bits per heavy atom. The highest BCUT2D eigenvalue weighted by Gasteiger charge is 2.08. The van der Waals surface area contributed by atoms with E-state index in [1.165, 1.54) is 0 Å². The lowest BCUT2D eigenvalue weighted by atomic mass is 10.2. The van der Waals surface area contributed by atoms with Crippen LogP contribution in [0.3, 0.4) is 0 Å². The maximum Gasteiger partial charge on any atom is 0.0969 e. The molecule has 0 spiro atoms. The van der Waals surface area contributed by atoms with Crippen LogP contribution in [0, 0.1) is 0 Å². The van der Waals surface area contributed by atoms with Gasteiger partial charge >= 0.3 is 0 Å². The first-order chi connectivity index (χ1) is 5.65. The Morgan fingerprint density at radius 2 is 2.33 bits per heavy atom. The molecule has 0 aliphatic carbocycles. The van der Waals surface area contributed by atoms with Gasteiger partial charge < -0.3 is 4.74 Å². The molecule has 0 N–H and O–H groups in total. The van der Waals surface area contributed by atoms with Gasteiger partial charge in [-0.3, -0.25) is 4.98 Å². The van der Waals surface area contributed by atoms with Crippen LogP contribution in [0.15, 0.2) is 16.7 Å². The Labute approximate surface area is 83.1 Å². The number of rotatable bonds is 2. The number of methoxy groups -OCH3 is 1. The summed E-state index contributed by atoms with van der Waals surface area (Å²) in [5, 5.41) is 1.07. The van der Waals surface area contributed by atoms with Gasteiger partial charge in [-0.05, 0) is 34.2 Å². The molecule has 0 radical (unpaired) electrons. The second kappa shape index (κ2) is 4.31. The molecular formula is C8H11BrNOP. The largest absolute Gasteiger partial charge is 0.375 e. The lowest BCUT2D eigenvalue weighted by molar-refractivity contribution is 0.117. The minimum Gasteiger partial charge on any atom is -0.375 e. The van der Waals surface area contributed by atoms with Gasteiger partial charge in [0.2, 0.25) is 0 Å². The van der Waals surface area contributed by atoms with Crippen molar-refractivity contribution in [2.45, 2.75) is 13.0 Å². The van der Waals surface area contributed by atoms with Crippen molar-refractivity contribution in [3.8, 4) is 0 Å². The van der Waals surface area contributed by atoms with E-state index in [-0.39, 0.29) is 6.10 Å². The second-order valence-corrected chi connectivity index (χ2v) is 4.04. The van der Waals surface area contributed by atoms with Gasteiger partial charge in [-0.2, -0.15) is 0 Å². The van der Waals surface area contributed by atoms with E-state index in [1.54, 1.807) is 13.3 Å². The molecule has 2 nitrogen and oxygen atoms in total. The number of nitrogens with zero attached hydrogens (tertiary/aromatic N) is 1. The van der Waals surface area contributed by atoms with Gasteiger partial charge in [-0.25, -0.2) is 0 Å². The topological polar surface area (TPSA) is 22.1 Å². The zero-order valence-electron chi connectivity index (χ0n) is 7.04. The quantitative estimate of drug-likeness (QED) is 0.747. The van der Waals surface area contributed by atoms with Crippen LogP contribution in [0.2, 0.25) is 0 Å². The van der Waals surface area contributed by atoms with Crippen molar-refractivity contribution < 1.29 is 4.74 Å². The van der Waals surface area contributed by atoms with E-state index in [2.05, 4.69) is 30.2 Å². The number of halogens is 1. The summed E-state index contributed by atoms with van der Waals surface area (Å²) in [4.78, 5) is 4.26. The molecule has 0 saturated heterocycles. The molecular weight excluding hydrogens is 237 g/mol. The van der Waals surface area contributed by atoms with Crippen LogP contribution in [-0.4, -0.2) is 12.1 Å². The van der Waals surface area contributed by atoms with E-state index in [1.807, 2.05) is 13.0 Å². The molecule has 0 bridgehead atoms. The third kappa shape index (κ3) is 2.25. The van der Waals surface area contributed by atoms with Crippen molar-refractivity contribution in [3.63, 3.8) is 0 Å². The predicted octanol–water partition coefficient (Wildman–Crippen LogP) is 2.05. The van der Waals surface area contributed by atoms with Crippen LogP contribution in [0.25, 0.3) is 0 Å². The number of hydrogen-bond donors (Lipinski definition) is 0. The standard InChI is InChI=1S/C8H11BrNOP/c1-5(11-2)8-7(12)3-6(9)4-10-8/h3-5H,12H2,1-2H3. The summed E-state index contributed by atoms with van der Waals surface area (Å²) in [6.07, 6.45) is 1.82. The van der Waals surface area contributed by atoms with Gasteiger partial charge in [0.15, 0.2) is 0 Å². The molecule has 0 aliphatic rings. The smallest absolute Gasteiger partial charge is 0.0969 e. The molecule has 0 aliphatic heterocycles. The fourth-order valence-electron chi connectivity index (χ4n) is 0.917. The Kier molecular flexibility index (Phi) is 3.63. The van der Waals surface area contributed by atoms with Crippen molar-refractivity contribution in [2.75, 3.05) is 7.11 Å². The maximum absolute atomic E-state index is 5.17. The third-order valence-electron chi connectivity index (χ3n) is 1.65. The molecule has 2 atom stereocenters. The monoisotopic (exact) mass is 247 g/mol. The lowest BCUT2D eigenvalue weighted by Gasteiger charge is -2.11. The fraction of sp³-hybridized carbons (Fsp3) is 0.375. The van der Waals surface area contributed by atoms with Gasteiger partial charge in [0.1, 0.15) is 0 Å². The van der Waals surface area contributed by atoms with Crippen LogP contribution in [0.5, 0.6) is 0 Å². The molecule has 12 heavy (non-hydrogen) atoms. The zero-order valence-corrected chi connectivity index (χ0v) is 9.78. The molecule has 0 amide bonds. The Morgan fingerprint density at radius 1 is 1.67 bits per heavy atom. The summed E-state index contributed by atoms with van der Waals surface area (Å²) in [7, 11) is 4.33. The van der Waals surface area contributed by atoms with E-state index >= 15 is 0 Å². The first-order valence-corrected chi connectivity index (χ1v) is 4.96. The average molecular weight is 248 g/mol. The zero-order chi connectivity index (χ0) is 9.14. The molecule has 66 valence electrons.